The normalized spacial score (nSPS) is 12.1. The lowest BCUT2D eigenvalue weighted by Gasteiger charge is -2.11. The van der Waals surface area contributed by atoms with E-state index in [0.29, 0.717) is 15.9 Å². The third-order valence-corrected chi connectivity index (χ3v) is 3.72. The van der Waals surface area contributed by atoms with Gasteiger partial charge >= 0.3 is 0 Å². The third kappa shape index (κ3) is 3.39. The Balaban J connectivity index is 2.00. The van der Waals surface area contributed by atoms with Crippen LogP contribution < -0.4 is 11.2 Å². The highest BCUT2D eigenvalue weighted by Gasteiger charge is 2.18. The second kappa shape index (κ2) is 5.94. The van der Waals surface area contributed by atoms with Gasteiger partial charge < -0.3 is 11.2 Å². The number of rotatable bonds is 4. The monoisotopic (exact) mass is 297 g/mol. The number of thioether (sulfide) groups is 1. The summed E-state index contributed by atoms with van der Waals surface area (Å²) in [6, 6.07) is 7.05. The molecule has 0 fully saturated rings. The van der Waals surface area contributed by atoms with Gasteiger partial charge in [-0.2, -0.15) is 0 Å². The van der Waals surface area contributed by atoms with Crippen LogP contribution in [0.3, 0.4) is 0 Å². The fourth-order valence-corrected chi connectivity index (χ4v) is 2.25. The lowest BCUT2D eigenvalue weighted by molar-refractivity contribution is -0.115. The van der Waals surface area contributed by atoms with Gasteiger partial charge in [-0.15, -0.1) is 10.2 Å². The summed E-state index contributed by atoms with van der Waals surface area (Å²) in [4.78, 5) is 12.0. The molecule has 1 atom stereocenters. The van der Waals surface area contributed by atoms with Crippen molar-refractivity contribution in [2.75, 3.05) is 11.2 Å². The molecule has 0 aliphatic rings. The van der Waals surface area contributed by atoms with Crippen molar-refractivity contribution in [2.24, 2.45) is 0 Å². The molecule has 1 amide bonds. The predicted octanol–water partition coefficient (Wildman–Crippen LogP) is 1.76. The number of nitrogens with zero attached hydrogens (tertiary/aromatic N) is 3. The molecule has 0 spiro atoms. The maximum atomic E-state index is 12.0. The first-order valence-electron chi connectivity index (χ1n) is 5.45. The van der Waals surface area contributed by atoms with E-state index in [1.165, 1.54) is 22.8 Å². The summed E-state index contributed by atoms with van der Waals surface area (Å²) in [6.07, 6.45) is 1.38. The molecule has 2 rings (SSSR count). The average Bonchev–Trinajstić information content (AvgIpc) is 2.78. The van der Waals surface area contributed by atoms with Crippen molar-refractivity contribution in [2.45, 2.75) is 17.3 Å². The summed E-state index contributed by atoms with van der Waals surface area (Å²) in [7, 11) is 0. The molecule has 1 aromatic carbocycles. The van der Waals surface area contributed by atoms with Gasteiger partial charge in [-0.05, 0) is 19.1 Å². The first-order chi connectivity index (χ1) is 9.08. The molecule has 0 saturated heterocycles. The number of hydrogen-bond donors (Lipinski definition) is 2. The average molecular weight is 298 g/mol. The lowest BCUT2D eigenvalue weighted by Crippen LogP contribution is -2.23. The summed E-state index contributed by atoms with van der Waals surface area (Å²) in [5.41, 5.74) is 0.579. The van der Waals surface area contributed by atoms with Gasteiger partial charge in [0.25, 0.3) is 0 Å². The number of nitrogens with two attached hydrogens (primary N) is 1. The molecular formula is C11H12ClN5OS. The minimum Gasteiger partial charge on any atom is -0.336 e. The maximum Gasteiger partial charge on any atom is 0.237 e. The molecular weight excluding hydrogens is 286 g/mol. The Morgan fingerprint density at radius 2 is 2.26 bits per heavy atom. The lowest BCUT2D eigenvalue weighted by atomic mass is 10.3. The number of nitrogen functional groups attached to an aromatic ring is 1. The highest BCUT2D eigenvalue weighted by Crippen LogP contribution is 2.24. The van der Waals surface area contributed by atoms with Crippen molar-refractivity contribution in [3.63, 3.8) is 0 Å². The molecule has 3 N–H and O–H groups in total. The second-order valence-corrected chi connectivity index (χ2v) is 5.47. The number of carbonyl (C=O) groups excluding carboxylic acids is 1. The zero-order chi connectivity index (χ0) is 13.8. The van der Waals surface area contributed by atoms with Crippen LogP contribution in [0.2, 0.25) is 5.02 Å². The van der Waals surface area contributed by atoms with Crippen molar-refractivity contribution in [3.05, 3.63) is 35.6 Å². The number of anilines is 1. The molecule has 100 valence electrons. The van der Waals surface area contributed by atoms with Crippen LogP contribution in [0.4, 0.5) is 5.69 Å². The number of nitrogens with one attached hydrogen (secondary N) is 1. The molecule has 0 bridgehead atoms. The number of aromatic nitrogens is 3. The summed E-state index contributed by atoms with van der Waals surface area (Å²) in [5, 5.41) is 10.8. The fourth-order valence-electron chi connectivity index (χ4n) is 1.32. The van der Waals surface area contributed by atoms with E-state index in [1.807, 2.05) is 0 Å². The molecule has 0 unspecified atom stereocenters. The van der Waals surface area contributed by atoms with E-state index < -0.39 is 0 Å². The standard InChI is InChI=1S/C11H12ClN5OS/c1-7(19-11-16-14-6-17(11)13)10(18)15-9-5-3-2-4-8(9)12/h2-7H,13H2,1H3,(H,15,18)/t7-/m1/s1. The Morgan fingerprint density at radius 1 is 1.53 bits per heavy atom. The molecule has 6 nitrogen and oxygen atoms in total. The van der Waals surface area contributed by atoms with Crippen molar-refractivity contribution in [3.8, 4) is 0 Å². The molecule has 19 heavy (non-hydrogen) atoms. The van der Waals surface area contributed by atoms with Crippen LogP contribution in [0.25, 0.3) is 0 Å². The number of carbonyl (C=O) groups is 1. The van der Waals surface area contributed by atoms with E-state index in [9.17, 15) is 4.79 Å². The highest BCUT2D eigenvalue weighted by atomic mass is 35.5. The van der Waals surface area contributed by atoms with Crippen LogP contribution in [-0.4, -0.2) is 26.0 Å². The first kappa shape index (κ1) is 13.7. The number of amides is 1. The summed E-state index contributed by atoms with van der Waals surface area (Å²) >= 11 is 7.19. The number of benzene rings is 1. The number of hydrogen-bond acceptors (Lipinski definition) is 5. The van der Waals surface area contributed by atoms with E-state index in [-0.39, 0.29) is 11.2 Å². The molecule has 1 heterocycles. The highest BCUT2D eigenvalue weighted by molar-refractivity contribution is 8.00. The third-order valence-electron chi connectivity index (χ3n) is 2.32. The van der Waals surface area contributed by atoms with Crippen molar-refractivity contribution in [1.82, 2.24) is 14.9 Å². The van der Waals surface area contributed by atoms with E-state index in [2.05, 4.69) is 15.5 Å². The van der Waals surface area contributed by atoms with E-state index in [4.69, 9.17) is 17.4 Å². The van der Waals surface area contributed by atoms with Crippen LogP contribution in [0.1, 0.15) is 6.92 Å². The van der Waals surface area contributed by atoms with Gasteiger partial charge in [0.15, 0.2) is 0 Å². The predicted molar refractivity (Wildman–Crippen MR) is 75.6 cm³/mol. The number of halogens is 1. The Kier molecular flexibility index (Phi) is 4.28. The SMILES string of the molecule is C[C@@H](Sc1nncn1N)C(=O)Nc1ccccc1Cl. The van der Waals surface area contributed by atoms with E-state index in [1.54, 1.807) is 31.2 Å². The first-order valence-corrected chi connectivity index (χ1v) is 6.71. The molecule has 1 aromatic heterocycles. The quantitative estimate of drug-likeness (QED) is 0.663. The van der Waals surface area contributed by atoms with Gasteiger partial charge in [-0.3, -0.25) is 4.79 Å². The molecule has 0 aliphatic carbocycles. The summed E-state index contributed by atoms with van der Waals surface area (Å²) in [5.74, 6) is 5.40. The van der Waals surface area contributed by atoms with Crippen molar-refractivity contribution in [1.29, 1.82) is 0 Å². The van der Waals surface area contributed by atoms with Gasteiger partial charge in [0.05, 0.1) is 16.0 Å². The van der Waals surface area contributed by atoms with Crippen LogP contribution in [0.5, 0.6) is 0 Å². The summed E-state index contributed by atoms with van der Waals surface area (Å²) in [6.45, 7) is 1.76. The Morgan fingerprint density at radius 3 is 2.89 bits per heavy atom. The van der Waals surface area contributed by atoms with Crippen LogP contribution >= 0.6 is 23.4 Å². The van der Waals surface area contributed by atoms with E-state index >= 15 is 0 Å². The minimum atomic E-state index is -0.372. The molecule has 0 saturated carbocycles. The molecule has 0 aliphatic heterocycles. The van der Waals surface area contributed by atoms with Gasteiger partial charge in [0.1, 0.15) is 6.33 Å². The van der Waals surface area contributed by atoms with Crippen LogP contribution in [-0.2, 0) is 4.79 Å². The van der Waals surface area contributed by atoms with Gasteiger partial charge in [-0.1, -0.05) is 35.5 Å². The van der Waals surface area contributed by atoms with Crippen molar-refractivity contribution < 1.29 is 4.79 Å². The number of para-hydroxylation sites is 1. The maximum absolute atomic E-state index is 12.0. The van der Waals surface area contributed by atoms with E-state index in [0.717, 1.165) is 0 Å². The molecule has 2 aromatic rings. The van der Waals surface area contributed by atoms with Gasteiger partial charge in [0.2, 0.25) is 11.1 Å². The molecule has 0 radical (unpaired) electrons. The second-order valence-electron chi connectivity index (χ2n) is 3.75. The summed E-state index contributed by atoms with van der Waals surface area (Å²) < 4.78 is 1.27. The minimum absolute atomic E-state index is 0.180. The Bertz CT molecular complexity index is 588. The van der Waals surface area contributed by atoms with Crippen molar-refractivity contribution >= 4 is 35.0 Å². The topological polar surface area (TPSA) is 85.8 Å². The van der Waals surface area contributed by atoms with Gasteiger partial charge in [-0.25, -0.2) is 4.68 Å². The smallest absolute Gasteiger partial charge is 0.237 e. The Labute approximate surface area is 119 Å². The van der Waals surface area contributed by atoms with Gasteiger partial charge in [0, 0.05) is 0 Å². The Hall–Kier alpha value is -1.73. The molecule has 8 heteroatoms. The largest absolute Gasteiger partial charge is 0.336 e. The van der Waals surface area contributed by atoms with Crippen LogP contribution in [0, 0.1) is 0 Å². The van der Waals surface area contributed by atoms with Crippen LogP contribution in [0.15, 0.2) is 35.7 Å². The zero-order valence-corrected chi connectivity index (χ0v) is 11.6. The fraction of sp³-hybridized carbons (Fsp3) is 0.182. The zero-order valence-electron chi connectivity index (χ0n) is 10.1.